The van der Waals surface area contributed by atoms with Crippen LogP contribution >= 0.6 is 0 Å². The van der Waals surface area contributed by atoms with Crippen LogP contribution in [0.4, 0.5) is 0 Å². The number of morpholine rings is 1. The second-order valence-electron chi connectivity index (χ2n) is 6.15. The van der Waals surface area contributed by atoms with Gasteiger partial charge in [-0.2, -0.15) is 0 Å². The summed E-state index contributed by atoms with van der Waals surface area (Å²) in [7, 11) is 0. The van der Waals surface area contributed by atoms with E-state index in [9.17, 15) is 0 Å². The van der Waals surface area contributed by atoms with Crippen molar-refractivity contribution in [1.82, 2.24) is 4.90 Å². The van der Waals surface area contributed by atoms with Crippen LogP contribution in [0.3, 0.4) is 0 Å². The molecule has 2 unspecified atom stereocenters. The molecule has 3 heteroatoms. The monoisotopic (exact) mass is 240 g/mol. The van der Waals surface area contributed by atoms with E-state index < -0.39 is 0 Å². The molecule has 3 nitrogen and oxygen atoms in total. The van der Waals surface area contributed by atoms with Crippen LogP contribution < -0.4 is 5.73 Å². The maximum atomic E-state index is 6.24. The molecule has 1 saturated heterocycles. The molecule has 3 atom stereocenters. The summed E-state index contributed by atoms with van der Waals surface area (Å²) in [6.07, 6.45) is 6.88. The molecule has 2 aliphatic rings. The lowest BCUT2D eigenvalue weighted by atomic mass is 9.89. The summed E-state index contributed by atoms with van der Waals surface area (Å²) < 4.78 is 5.89. The number of ether oxygens (including phenoxy) is 1. The third kappa shape index (κ3) is 3.67. The van der Waals surface area contributed by atoms with Gasteiger partial charge in [0.05, 0.1) is 12.7 Å². The van der Waals surface area contributed by atoms with Crippen LogP contribution in [-0.4, -0.2) is 42.8 Å². The zero-order valence-electron chi connectivity index (χ0n) is 11.4. The van der Waals surface area contributed by atoms with E-state index in [2.05, 4.69) is 18.7 Å². The molecule has 1 aliphatic heterocycles. The average molecular weight is 240 g/mol. The highest BCUT2D eigenvalue weighted by Crippen LogP contribution is 2.28. The molecule has 2 N–H and O–H groups in total. The topological polar surface area (TPSA) is 38.5 Å². The van der Waals surface area contributed by atoms with Crippen LogP contribution in [-0.2, 0) is 4.74 Å². The minimum absolute atomic E-state index is 0.329. The fourth-order valence-corrected chi connectivity index (χ4v) is 3.38. The summed E-state index contributed by atoms with van der Waals surface area (Å²) in [6, 6.07) is 0.978. The Morgan fingerprint density at radius 2 is 2.06 bits per heavy atom. The van der Waals surface area contributed by atoms with Crippen LogP contribution in [0.1, 0.15) is 46.0 Å². The van der Waals surface area contributed by atoms with Crippen LogP contribution in [0.5, 0.6) is 0 Å². The Morgan fingerprint density at radius 3 is 2.82 bits per heavy atom. The molecule has 1 saturated carbocycles. The normalized spacial score (nSPS) is 32.5. The third-order valence-corrected chi connectivity index (χ3v) is 4.09. The Kier molecular flexibility index (Phi) is 4.83. The first kappa shape index (κ1) is 13.3. The van der Waals surface area contributed by atoms with Crippen LogP contribution in [0.25, 0.3) is 0 Å². The minimum atomic E-state index is 0.329. The van der Waals surface area contributed by atoms with Gasteiger partial charge in [0.2, 0.25) is 0 Å². The quantitative estimate of drug-likeness (QED) is 0.817. The van der Waals surface area contributed by atoms with E-state index in [0.717, 1.165) is 26.1 Å². The van der Waals surface area contributed by atoms with E-state index in [0.29, 0.717) is 24.1 Å². The van der Waals surface area contributed by atoms with Crippen molar-refractivity contribution in [3.63, 3.8) is 0 Å². The molecule has 1 heterocycles. The third-order valence-electron chi connectivity index (χ3n) is 4.09. The second kappa shape index (κ2) is 6.17. The molecule has 0 radical (unpaired) electrons. The number of nitrogens with two attached hydrogens (primary N) is 1. The van der Waals surface area contributed by atoms with Crippen molar-refractivity contribution in [1.29, 1.82) is 0 Å². The summed E-state index contributed by atoms with van der Waals surface area (Å²) in [5.41, 5.74) is 6.24. The Morgan fingerprint density at radius 1 is 1.29 bits per heavy atom. The molecule has 1 aliphatic carbocycles. The number of hydrogen-bond acceptors (Lipinski definition) is 3. The van der Waals surface area contributed by atoms with Gasteiger partial charge in [0.25, 0.3) is 0 Å². The molecule has 2 rings (SSSR count). The van der Waals surface area contributed by atoms with Crippen molar-refractivity contribution < 1.29 is 4.74 Å². The van der Waals surface area contributed by atoms with Gasteiger partial charge in [0.1, 0.15) is 0 Å². The van der Waals surface area contributed by atoms with Crippen LogP contribution in [0.2, 0.25) is 0 Å². The lowest BCUT2D eigenvalue weighted by Gasteiger charge is -2.44. The fourth-order valence-electron chi connectivity index (χ4n) is 3.38. The van der Waals surface area contributed by atoms with Crippen molar-refractivity contribution >= 4 is 0 Å². The number of nitrogens with zero attached hydrogens (tertiary/aromatic N) is 1. The predicted octanol–water partition coefficient (Wildman–Crippen LogP) is 2.00. The van der Waals surface area contributed by atoms with E-state index in [1.54, 1.807) is 0 Å². The summed E-state index contributed by atoms with van der Waals surface area (Å²) in [5, 5.41) is 0. The summed E-state index contributed by atoms with van der Waals surface area (Å²) in [5.74, 6) is 0.702. The summed E-state index contributed by atoms with van der Waals surface area (Å²) in [4.78, 5) is 2.60. The Balaban J connectivity index is 1.85. The maximum Gasteiger partial charge on any atom is 0.0730 e. The van der Waals surface area contributed by atoms with E-state index in [1.165, 1.54) is 25.7 Å². The van der Waals surface area contributed by atoms with Gasteiger partial charge in [-0.05, 0) is 25.2 Å². The second-order valence-corrected chi connectivity index (χ2v) is 6.15. The highest BCUT2D eigenvalue weighted by molar-refractivity contribution is 4.88. The van der Waals surface area contributed by atoms with Crippen LogP contribution in [0.15, 0.2) is 0 Å². The first-order chi connectivity index (χ1) is 8.16. The van der Waals surface area contributed by atoms with Gasteiger partial charge in [-0.1, -0.05) is 26.7 Å². The molecule has 0 aromatic heterocycles. The Labute approximate surface area is 106 Å². The van der Waals surface area contributed by atoms with Gasteiger partial charge in [-0.3, -0.25) is 4.90 Å². The maximum absolute atomic E-state index is 6.24. The Bertz CT molecular complexity index is 230. The largest absolute Gasteiger partial charge is 0.375 e. The smallest absolute Gasteiger partial charge is 0.0730 e. The molecule has 0 aromatic rings. The van der Waals surface area contributed by atoms with E-state index >= 15 is 0 Å². The molecule has 0 aromatic carbocycles. The van der Waals surface area contributed by atoms with E-state index in [4.69, 9.17) is 10.5 Å². The predicted molar refractivity (Wildman–Crippen MR) is 71.0 cm³/mol. The highest BCUT2D eigenvalue weighted by Gasteiger charge is 2.34. The molecule has 0 amide bonds. The van der Waals surface area contributed by atoms with Crippen molar-refractivity contribution in [3.05, 3.63) is 0 Å². The van der Waals surface area contributed by atoms with Crippen molar-refractivity contribution in [2.24, 2.45) is 11.7 Å². The van der Waals surface area contributed by atoms with Crippen molar-refractivity contribution in [3.8, 4) is 0 Å². The van der Waals surface area contributed by atoms with E-state index in [-0.39, 0.29) is 0 Å². The SMILES string of the molecule is CC(C)C[C@H](N)CN1CCOC2CCCCC21. The van der Waals surface area contributed by atoms with Gasteiger partial charge in [-0.15, -0.1) is 0 Å². The number of fused-ring (bicyclic) bond motifs is 1. The molecule has 100 valence electrons. The molecular formula is C14H28N2O. The van der Waals surface area contributed by atoms with Crippen LogP contribution in [0, 0.1) is 5.92 Å². The first-order valence-electron chi connectivity index (χ1n) is 7.28. The average Bonchev–Trinajstić information content (AvgIpc) is 2.28. The molecule has 2 fully saturated rings. The van der Waals surface area contributed by atoms with Gasteiger partial charge < -0.3 is 10.5 Å². The molecule has 0 bridgehead atoms. The Hall–Kier alpha value is -0.120. The van der Waals surface area contributed by atoms with Gasteiger partial charge in [-0.25, -0.2) is 0 Å². The lowest BCUT2D eigenvalue weighted by molar-refractivity contribution is -0.0896. The molecular weight excluding hydrogens is 212 g/mol. The zero-order chi connectivity index (χ0) is 12.3. The zero-order valence-corrected chi connectivity index (χ0v) is 11.4. The van der Waals surface area contributed by atoms with Crippen molar-refractivity contribution in [2.45, 2.75) is 64.1 Å². The van der Waals surface area contributed by atoms with Gasteiger partial charge >= 0.3 is 0 Å². The fraction of sp³-hybridized carbons (Fsp3) is 1.00. The minimum Gasteiger partial charge on any atom is -0.375 e. The summed E-state index contributed by atoms with van der Waals surface area (Å²) in [6.45, 7) is 7.54. The molecule has 17 heavy (non-hydrogen) atoms. The molecule has 0 spiro atoms. The first-order valence-corrected chi connectivity index (χ1v) is 7.28. The standard InChI is InChI=1S/C14H28N2O/c1-11(2)9-12(15)10-16-7-8-17-14-6-4-3-5-13(14)16/h11-14H,3-10,15H2,1-2H3/t12-,13?,14?/m0/s1. The van der Waals surface area contributed by atoms with Crippen molar-refractivity contribution in [2.75, 3.05) is 19.7 Å². The van der Waals surface area contributed by atoms with Gasteiger partial charge in [0, 0.05) is 25.2 Å². The number of hydrogen-bond donors (Lipinski definition) is 1. The summed E-state index contributed by atoms with van der Waals surface area (Å²) >= 11 is 0. The van der Waals surface area contributed by atoms with Gasteiger partial charge in [0.15, 0.2) is 0 Å². The lowest BCUT2D eigenvalue weighted by Crippen LogP contribution is -2.55. The van der Waals surface area contributed by atoms with E-state index in [1.807, 2.05) is 0 Å². The number of rotatable bonds is 4. The highest BCUT2D eigenvalue weighted by atomic mass is 16.5.